The molecule has 4 nitrogen and oxygen atoms in total. The molecule has 17 heavy (non-hydrogen) atoms. The largest absolute Gasteiger partial charge is 0.393 e. The molecule has 0 aromatic carbocycles. The van der Waals surface area contributed by atoms with E-state index in [1.54, 1.807) is 18.3 Å². The standard InChI is InChI=1S/C12H20N2O2S/c1-8(4-9(2)15)6-13-12(16)5-11-7-17-10(3)14-11/h7-9,15H,4-6H2,1-3H3,(H,13,16). The number of aryl methyl sites for hydroxylation is 1. The molecule has 0 aliphatic carbocycles. The van der Waals surface area contributed by atoms with Gasteiger partial charge in [-0.05, 0) is 26.2 Å². The van der Waals surface area contributed by atoms with Gasteiger partial charge in [0, 0.05) is 11.9 Å². The third-order valence-electron chi connectivity index (χ3n) is 2.40. The second kappa shape index (κ2) is 6.71. The Kier molecular flexibility index (Phi) is 5.58. The highest BCUT2D eigenvalue weighted by Crippen LogP contribution is 2.08. The fourth-order valence-electron chi connectivity index (χ4n) is 1.67. The molecular formula is C12H20N2O2S. The minimum atomic E-state index is -0.317. The van der Waals surface area contributed by atoms with Crippen molar-refractivity contribution in [3.8, 4) is 0 Å². The lowest BCUT2D eigenvalue weighted by molar-refractivity contribution is -0.120. The van der Waals surface area contributed by atoms with Crippen LogP contribution in [0.2, 0.25) is 0 Å². The third-order valence-corrected chi connectivity index (χ3v) is 3.22. The van der Waals surface area contributed by atoms with Gasteiger partial charge in [0.15, 0.2) is 0 Å². The Morgan fingerprint density at radius 1 is 1.59 bits per heavy atom. The van der Waals surface area contributed by atoms with Crippen LogP contribution in [-0.2, 0) is 11.2 Å². The molecule has 1 aromatic heterocycles. The number of aliphatic hydroxyl groups excluding tert-OH is 1. The predicted molar refractivity (Wildman–Crippen MR) is 69.0 cm³/mol. The van der Waals surface area contributed by atoms with Gasteiger partial charge in [-0.1, -0.05) is 6.92 Å². The molecule has 2 N–H and O–H groups in total. The van der Waals surface area contributed by atoms with Crippen LogP contribution in [-0.4, -0.2) is 28.6 Å². The minimum Gasteiger partial charge on any atom is -0.393 e. The summed E-state index contributed by atoms with van der Waals surface area (Å²) in [6, 6.07) is 0. The number of nitrogens with zero attached hydrogens (tertiary/aromatic N) is 1. The van der Waals surface area contributed by atoms with Crippen LogP contribution in [0.15, 0.2) is 5.38 Å². The Balaban J connectivity index is 2.26. The number of hydrogen-bond donors (Lipinski definition) is 2. The summed E-state index contributed by atoms with van der Waals surface area (Å²) >= 11 is 1.56. The van der Waals surface area contributed by atoms with Crippen molar-refractivity contribution in [2.75, 3.05) is 6.54 Å². The summed E-state index contributed by atoms with van der Waals surface area (Å²) in [6.45, 7) is 6.31. The summed E-state index contributed by atoms with van der Waals surface area (Å²) in [5.41, 5.74) is 0.827. The van der Waals surface area contributed by atoms with Gasteiger partial charge in [-0.25, -0.2) is 4.98 Å². The Morgan fingerprint density at radius 3 is 2.82 bits per heavy atom. The number of carbonyl (C=O) groups is 1. The third kappa shape index (κ3) is 5.79. The fraction of sp³-hybridized carbons (Fsp3) is 0.667. The number of hydrogen-bond acceptors (Lipinski definition) is 4. The quantitative estimate of drug-likeness (QED) is 0.811. The lowest BCUT2D eigenvalue weighted by Crippen LogP contribution is -2.30. The van der Waals surface area contributed by atoms with Gasteiger partial charge in [0.1, 0.15) is 0 Å². The van der Waals surface area contributed by atoms with Gasteiger partial charge < -0.3 is 10.4 Å². The minimum absolute atomic E-state index is 0.00672. The molecular weight excluding hydrogens is 236 g/mol. The zero-order valence-corrected chi connectivity index (χ0v) is 11.4. The molecule has 0 aliphatic heterocycles. The Bertz CT molecular complexity index is 363. The molecule has 1 amide bonds. The molecule has 0 bridgehead atoms. The van der Waals surface area contributed by atoms with Crippen molar-refractivity contribution in [1.82, 2.24) is 10.3 Å². The van der Waals surface area contributed by atoms with Crippen molar-refractivity contribution >= 4 is 17.2 Å². The van der Waals surface area contributed by atoms with Gasteiger partial charge in [0.05, 0.1) is 23.2 Å². The van der Waals surface area contributed by atoms with Crippen LogP contribution in [0.3, 0.4) is 0 Å². The van der Waals surface area contributed by atoms with E-state index >= 15 is 0 Å². The van der Waals surface area contributed by atoms with Gasteiger partial charge in [-0.15, -0.1) is 11.3 Å². The molecule has 1 aromatic rings. The highest BCUT2D eigenvalue weighted by molar-refractivity contribution is 7.09. The van der Waals surface area contributed by atoms with Gasteiger partial charge in [0.25, 0.3) is 0 Å². The SMILES string of the molecule is Cc1nc(CC(=O)NCC(C)CC(C)O)cs1. The highest BCUT2D eigenvalue weighted by Gasteiger charge is 2.09. The van der Waals surface area contributed by atoms with Gasteiger partial charge in [-0.2, -0.15) is 0 Å². The molecule has 0 aliphatic rings. The molecule has 0 fully saturated rings. The monoisotopic (exact) mass is 256 g/mol. The van der Waals surface area contributed by atoms with Crippen LogP contribution in [0.4, 0.5) is 0 Å². The normalized spacial score (nSPS) is 14.4. The van der Waals surface area contributed by atoms with E-state index in [4.69, 9.17) is 0 Å². The van der Waals surface area contributed by atoms with Crippen LogP contribution in [0, 0.1) is 12.8 Å². The average Bonchev–Trinajstić information content (AvgIpc) is 2.60. The number of thiazole rings is 1. The van der Waals surface area contributed by atoms with E-state index in [9.17, 15) is 9.90 Å². The summed E-state index contributed by atoms with van der Waals surface area (Å²) in [7, 11) is 0. The van der Waals surface area contributed by atoms with Gasteiger partial charge in [-0.3, -0.25) is 4.79 Å². The summed E-state index contributed by atoms with van der Waals surface area (Å²) in [5, 5.41) is 15.0. The summed E-state index contributed by atoms with van der Waals surface area (Å²) in [4.78, 5) is 15.8. The van der Waals surface area contributed by atoms with Crippen LogP contribution in [0.1, 0.15) is 31.0 Å². The first-order chi connectivity index (χ1) is 7.97. The van der Waals surface area contributed by atoms with E-state index in [1.807, 2.05) is 19.2 Å². The second-order valence-corrected chi connectivity index (χ2v) is 5.59. The molecule has 0 radical (unpaired) electrons. The van der Waals surface area contributed by atoms with E-state index in [-0.39, 0.29) is 17.9 Å². The topological polar surface area (TPSA) is 62.2 Å². The molecule has 0 spiro atoms. The van der Waals surface area contributed by atoms with Crippen LogP contribution >= 0.6 is 11.3 Å². The van der Waals surface area contributed by atoms with Crippen molar-refractivity contribution < 1.29 is 9.90 Å². The van der Waals surface area contributed by atoms with E-state index in [2.05, 4.69) is 10.3 Å². The smallest absolute Gasteiger partial charge is 0.226 e. The van der Waals surface area contributed by atoms with E-state index < -0.39 is 0 Å². The van der Waals surface area contributed by atoms with Crippen molar-refractivity contribution in [2.45, 2.75) is 39.7 Å². The van der Waals surface area contributed by atoms with Crippen LogP contribution < -0.4 is 5.32 Å². The summed E-state index contributed by atoms with van der Waals surface area (Å²) in [5.74, 6) is 0.281. The zero-order chi connectivity index (χ0) is 12.8. The van der Waals surface area contributed by atoms with Crippen molar-refractivity contribution in [2.24, 2.45) is 5.92 Å². The number of aliphatic hydroxyl groups is 1. The Labute approximate surface area is 106 Å². The molecule has 0 saturated carbocycles. The maximum Gasteiger partial charge on any atom is 0.226 e. The molecule has 2 atom stereocenters. The highest BCUT2D eigenvalue weighted by atomic mass is 32.1. The molecule has 2 unspecified atom stereocenters. The lowest BCUT2D eigenvalue weighted by atomic mass is 10.0. The number of nitrogens with one attached hydrogen (secondary N) is 1. The van der Waals surface area contributed by atoms with Crippen LogP contribution in [0.5, 0.6) is 0 Å². The predicted octanol–water partition coefficient (Wildman–Crippen LogP) is 1.52. The van der Waals surface area contributed by atoms with Crippen molar-refractivity contribution in [1.29, 1.82) is 0 Å². The van der Waals surface area contributed by atoms with Crippen molar-refractivity contribution in [3.05, 3.63) is 16.1 Å². The maximum atomic E-state index is 11.6. The lowest BCUT2D eigenvalue weighted by Gasteiger charge is -2.13. The number of aromatic nitrogens is 1. The zero-order valence-electron chi connectivity index (χ0n) is 10.6. The molecule has 5 heteroatoms. The summed E-state index contributed by atoms with van der Waals surface area (Å²) in [6.07, 6.45) is 0.727. The average molecular weight is 256 g/mol. The molecule has 96 valence electrons. The number of rotatable bonds is 6. The Morgan fingerprint density at radius 2 is 2.29 bits per heavy atom. The number of carbonyl (C=O) groups excluding carboxylic acids is 1. The van der Waals surface area contributed by atoms with E-state index in [0.717, 1.165) is 10.7 Å². The number of amides is 1. The van der Waals surface area contributed by atoms with Crippen molar-refractivity contribution in [3.63, 3.8) is 0 Å². The fourth-order valence-corrected chi connectivity index (χ4v) is 2.28. The maximum absolute atomic E-state index is 11.6. The van der Waals surface area contributed by atoms with E-state index in [1.165, 1.54) is 0 Å². The summed E-state index contributed by atoms with van der Waals surface area (Å²) < 4.78 is 0. The van der Waals surface area contributed by atoms with Gasteiger partial charge >= 0.3 is 0 Å². The molecule has 0 saturated heterocycles. The van der Waals surface area contributed by atoms with Gasteiger partial charge in [0.2, 0.25) is 5.91 Å². The molecule has 1 rings (SSSR count). The first kappa shape index (κ1) is 14.1. The van der Waals surface area contributed by atoms with E-state index in [0.29, 0.717) is 19.4 Å². The first-order valence-corrected chi connectivity index (χ1v) is 6.71. The Hall–Kier alpha value is -0.940. The molecule has 1 heterocycles. The van der Waals surface area contributed by atoms with Crippen LogP contribution in [0.25, 0.3) is 0 Å². The second-order valence-electron chi connectivity index (χ2n) is 4.53. The first-order valence-electron chi connectivity index (χ1n) is 5.83.